The van der Waals surface area contributed by atoms with Crippen molar-refractivity contribution in [2.45, 2.75) is 64.2 Å². The van der Waals surface area contributed by atoms with Crippen molar-refractivity contribution in [1.29, 1.82) is 0 Å². The van der Waals surface area contributed by atoms with Crippen molar-refractivity contribution in [3.8, 4) is 5.75 Å². The number of benzene rings is 1. The smallest absolute Gasteiger partial charge is 0.304 e. The Balaban J connectivity index is 1.95. The van der Waals surface area contributed by atoms with Crippen LogP contribution in [-0.2, 0) is 10.2 Å². The number of hydrogen-bond acceptors (Lipinski definition) is 2. The summed E-state index contributed by atoms with van der Waals surface area (Å²) in [4.78, 5) is 11.1. The van der Waals surface area contributed by atoms with Crippen LogP contribution in [0.15, 0.2) is 48.6 Å². The second-order valence-corrected chi connectivity index (χ2v) is 7.62. The molecule has 0 amide bonds. The van der Waals surface area contributed by atoms with E-state index in [1.807, 2.05) is 31.2 Å². The van der Waals surface area contributed by atoms with Crippen LogP contribution in [0.5, 0.6) is 5.75 Å². The van der Waals surface area contributed by atoms with E-state index in [1.165, 1.54) is 37.7 Å². The Hall–Kier alpha value is -2.03. The second-order valence-electron chi connectivity index (χ2n) is 7.62. The molecule has 2 rings (SSSR count). The molecule has 1 aliphatic carbocycles. The predicted molar refractivity (Wildman–Crippen MR) is 107 cm³/mol. The lowest BCUT2D eigenvalue weighted by molar-refractivity contribution is -0.137. The molecular formula is C23H32O3. The van der Waals surface area contributed by atoms with E-state index in [9.17, 15) is 4.79 Å². The van der Waals surface area contributed by atoms with E-state index >= 15 is 0 Å². The highest BCUT2D eigenvalue weighted by Gasteiger charge is 2.26. The number of allylic oxidation sites excluding steroid dienone is 2. The highest BCUT2D eigenvalue weighted by molar-refractivity contribution is 5.69. The molecule has 0 bridgehead atoms. The zero-order chi connectivity index (χ0) is 19.0. The molecule has 1 aliphatic rings. The maximum atomic E-state index is 11.1. The van der Waals surface area contributed by atoms with Gasteiger partial charge in [0.2, 0.25) is 0 Å². The first-order valence-electron chi connectivity index (χ1n) is 9.75. The van der Waals surface area contributed by atoms with E-state index in [1.54, 1.807) is 6.08 Å². The van der Waals surface area contributed by atoms with Gasteiger partial charge in [0.1, 0.15) is 12.4 Å². The first-order valence-corrected chi connectivity index (χ1v) is 9.75. The third-order valence-electron chi connectivity index (χ3n) is 5.38. The monoisotopic (exact) mass is 356 g/mol. The van der Waals surface area contributed by atoms with E-state index in [2.05, 4.69) is 19.6 Å². The van der Waals surface area contributed by atoms with Crippen LogP contribution >= 0.6 is 0 Å². The molecule has 3 heteroatoms. The molecule has 142 valence electrons. The van der Waals surface area contributed by atoms with Gasteiger partial charge in [-0.05, 0) is 54.9 Å². The van der Waals surface area contributed by atoms with E-state index in [4.69, 9.17) is 9.84 Å². The molecule has 0 aliphatic heterocycles. The molecule has 0 aromatic heterocycles. The van der Waals surface area contributed by atoms with Gasteiger partial charge in [0, 0.05) is 5.41 Å². The zero-order valence-corrected chi connectivity index (χ0v) is 16.2. The van der Waals surface area contributed by atoms with E-state index < -0.39 is 11.4 Å². The molecule has 2 atom stereocenters. The number of carboxylic acid groups (broad SMARTS) is 1. The first-order chi connectivity index (χ1) is 12.5. The van der Waals surface area contributed by atoms with Gasteiger partial charge in [-0.2, -0.15) is 0 Å². The highest BCUT2D eigenvalue weighted by atomic mass is 16.5. The van der Waals surface area contributed by atoms with E-state index in [0.717, 1.165) is 17.7 Å². The number of aliphatic carboxylic acids is 1. The van der Waals surface area contributed by atoms with Crippen molar-refractivity contribution in [3.05, 3.63) is 54.1 Å². The number of rotatable bonds is 10. The average molecular weight is 357 g/mol. The Kier molecular flexibility index (Phi) is 7.50. The second kappa shape index (κ2) is 9.61. The number of hydrogen-bond donors (Lipinski definition) is 1. The Bertz CT molecular complexity index is 629. The summed E-state index contributed by atoms with van der Waals surface area (Å²) in [6.45, 7) is 8.60. The van der Waals surface area contributed by atoms with Crippen LogP contribution in [0.3, 0.4) is 0 Å². The Labute approximate surface area is 157 Å². The van der Waals surface area contributed by atoms with Gasteiger partial charge in [-0.15, -0.1) is 6.58 Å². The average Bonchev–Trinajstić information content (AvgIpc) is 2.65. The van der Waals surface area contributed by atoms with Crippen molar-refractivity contribution in [1.82, 2.24) is 0 Å². The van der Waals surface area contributed by atoms with Crippen LogP contribution < -0.4 is 4.74 Å². The molecule has 26 heavy (non-hydrogen) atoms. The fourth-order valence-electron chi connectivity index (χ4n) is 3.62. The quantitative estimate of drug-likeness (QED) is 0.531. The minimum Gasteiger partial charge on any atom is -0.489 e. The van der Waals surface area contributed by atoms with Gasteiger partial charge in [0.05, 0.1) is 6.42 Å². The standard InChI is InChI=1S/C23H32O3/c1-4-6-8-18-9-7-10-19(15-18)17-26-21-13-11-20(12-14-21)23(3,5-2)16-22(24)25/h5,11-15,18H,2,4,6-10,16-17H2,1,3H3,(H,24,25)/t18-,23+/m1/s1. The summed E-state index contributed by atoms with van der Waals surface area (Å²) in [5, 5.41) is 9.12. The largest absolute Gasteiger partial charge is 0.489 e. The molecule has 0 radical (unpaired) electrons. The molecule has 0 heterocycles. The third kappa shape index (κ3) is 5.76. The van der Waals surface area contributed by atoms with Crippen LogP contribution in [0.2, 0.25) is 0 Å². The van der Waals surface area contributed by atoms with Gasteiger partial charge < -0.3 is 9.84 Å². The lowest BCUT2D eigenvalue weighted by Crippen LogP contribution is -2.22. The predicted octanol–water partition coefficient (Wildman–Crippen LogP) is 5.90. The van der Waals surface area contributed by atoms with Crippen molar-refractivity contribution < 1.29 is 14.6 Å². The summed E-state index contributed by atoms with van der Waals surface area (Å²) in [6.07, 6.45) is 11.7. The maximum absolute atomic E-state index is 11.1. The summed E-state index contributed by atoms with van der Waals surface area (Å²) >= 11 is 0. The number of unbranched alkanes of at least 4 members (excludes halogenated alkanes) is 1. The molecule has 1 N–H and O–H groups in total. The fourth-order valence-corrected chi connectivity index (χ4v) is 3.62. The molecule has 0 saturated carbocycles. The zero-order valence-electron chi connectivity index (χ0n) is 16.2. The molecule has 0 spiro atoms. The first kappa shape index (κ1) is 20.3. The highest BCUT2D eigenvalue weighted by Crippen LogP contribution is 2.31. The Morgan fingerprint density at radius 3 is 2.73 bits per heavy atom. The van der Waals surface area contributed by atoms with Gasteiger partial charge in [-0.1, -0.05) is 51.0 Å². The van der Waals surface area contributed by atoms with Crippen LogP contribution in [-0.4, -0.2) is 17.7 Å². The molecule has 3 nitrogen and oxygen atoms in total. The lowest BCUT2D eigenvalue weighted by atomic mass is 9.80. The van der Waals surface area contributed by atoms with Crippen LogP contribution in [0.4, 0.5) is 0 Å². The van der Waals surface area contributed by atoms with Crippen molar-refractivity contribution in [2.24, 2.45) is 5.92 Å². The third-order valence-corrected chi connectivity index (χ3v) is 5.38. The van der Waals surface area contributed by atoms with Gasteiger partial charge in [-0.3, -0.25) is 4.79 Å². The summed E-state index contributed by atoms with van der Waals surface area (Å²) in [7, 11) is 0. The fraction of sp³-hybridized carbons (Fsp3) is 0.522. The van der Waals surface area contributed by atoms with Crippen LogP contribution in [0, 0.1) is 5.92 Å². The molecule has 1 aromatic carbocycles. The topological polar surface area (TPSA) is 46.5 Å². The molecule has 1 aromatic rings. The van der Waals surface area contributed by atoms with Crippen molar-refractivity contribution in [2.75, 3.05) is 6.61 Å². The molecule has 0 fully saturated rings. The van der Waals surface area contributed by atoms with Crippen molar-refractivity contribution in [3.63, 3.8) is 0 Å². The minimum atomic E-state index is -0.824. The summed E-state index contributed by atoms with van der Waals surface area (Å²) < 4.78 is 5.97. The SMILES string of the molecule is C=C[C@@](C)(CC(=O)O)c1ccc(OCC2=C[C@H](CCCC)CCC2)cc1. The Morgan fingerprint density at radius 2 is 2.12 bits per heavy atom. The summed E-state index contributed by atoms with van der Waals surface area (Å²) in [6, 6.07) is 7.74. The van der Waals surface area contributed by atoms with Gasteiger partial charge in [0.25, 0.3) is 0 Å². The maximum Gasteiger partial charge on any atom is 0.304 e. The van der Waals surface area contributed by atoms with Crippen molar-refractivity contribution >= 4 is 5.97 Å². The van der Waals surface area contributed by atoms with Crippen LogP contribution in [0.1, 0.15) is 64.4 Å². The van der Waals surface area contributed by atoms with E-state index in [-0.39, 0.29) is 6.42 Å². The van der Waals surface area contributed by atoms with Gasteiger partial charge in [0.15, 0.2) is 0 Å². The summed E-state index contributed by atoms with van der Waals surface area (Å²) in [5.74, 6) is 0.718. The summed E-state index contributed by atoms with van der Waals surface area (Å²) in [5.41, 5.74) is 1.78. The number of carbonyl (C=O) groups is 1. The van der Waals surface area contributed by atoms with Gasteiger partial charge >= 0.3 is 5.97 Å². The molecule has 0 saturated heterocycles. The minimum absolute atomic E-state index is 0.0305. The van der Waals surface area contributed by atoms with Gasteiger partial charge in [-0.25, -0.2) is 0 Å². The van der Waals surface area contributed by atoms with Crippen LogP contribution in [0.25, 0.3) is 0 Å². The Morgan fingerprint density at radius 1 is 1.38 bits per heavy atom. The van der Waals surface area contributed by atoms with E-state index in [0.29, 0.717) is 12.5 Å². The molecular weight excluding hydrogens is 324 g/mol. The number of carboxylic acids is 1. The normalized spacial score (nSPS) is 19.3. The number of ether oxygens (including phenoxy) is 1. The molecule has 0 unspecified atom stereocenters. The lowest BCUT2D eigenvalue weighted by Gasteiger charge is -2.24.